The van der Waals surface area contributed by atoms with Gasteiger partial charge in [0.25, 0.3) is 0 Å². The molecule has 1 aliphatic rings. The Labute approximate surface area is 98.7 Å². The van der Waals surface area contributed by atoms with Gasteiger partial charge in [0.05, 0.1) is 5.60 Å². The number of aliphatic hydroxyl groups excluding tert-OH is 1. The lowest BCUT2D eigenvalue weighted by Gasteiger charge is -2.49. The molecule has 0 radical (unpaired) electrons. The normalized spacial score (nSPS) is 31.4. The van der Waals surface area contributed by atoms with Gasteiger partial charge in [0, 0.05) is 5.92 Å². The van der Waals surface area contributed by atoms with Crippen LogP contribution in [0.25, 0.3) is 0 Å². The zero-order valence-corrected chi connectivity index (χ0v) is 11.2. The van der Waals surface area contributed by atoms with E-state index in [0.717, 1.165) is 0 Å². The molecule has 0 bridgehead atoms. The maximum atomic E-state index is 10.9. The van der Waals surface area contributed by atoms with Gasteiger partial charge in [0.1, 0.15) is 5.76 Å². The maximum Gasteiger partial charge on any atom is 0.111 e. The van der Waals surface area contributed by atoms with Gasteiger partial charge in [-0.15, -0.1) is 0 Å². The van der Waals surface area contributed by atoms with Crippen LogP contribution in [0.3, 0.4) is 0 Å². The smallest absolute Gasteiger partial charge is 0.111 e. The topological polar surface area (TPSA) is 40.5 Å². The summed E-state index contributed by atoms with van der Waals surface area (Å²) in [5.41, 5.74) is -1.28. The van der Waals surface area contributed by atoms with E-state index in [0.29, 0.717) is 0 Å². The van der Waals surface area contributed by atoms with Gasteiger partial charge in [-0.05, 0) is 29.1 Å². The van der Waals surface area contributed by atoms with Crippen LogP contribution in [0.4, 0.5) is 0 Å². The third-order valence-corrected chi connectivity index (χ3v) is 3.45. The van der Waals surface area contributed by atoms with Crippen LogP contribution in [0.15, 0.2) is 24.0 Å². The van der Waals surface area contributed by atoms with Crippen LogP contribution in [-0.4, -0.2) is 15.8 Å². The summed E-state index contributed by atoms with van der Waals surface area (Å²) in [6.07, 6.45) is 5.09. The molecule has 2 N–H and O–H groups in total. The Morgan fingerprint density at radius 2 is 1.62 bits per heavy atom. The number of rotatable bonds is 0. The molecule has 92 valence electrons. The quantitative estimate of drug-likeness (QED) is 0.661. The number of hydrogen-bond donors (Lipinski definition) is 2. The first-order valence-corrected chi connectivity index (χ1v) is 5.81. The Balaban J connectivity index is 3.25. The molecule has 0 aromatic heterocycles. The molecule has 0 aromatic rings. The van der Waals surface area contributed by atoms with Crippen molar-refractivity contribution in [2.24, 2.45) is 16.7 Å². The summed E-state index contributed by atoms with van der Waals surface area (Å²) in [5, 5.41) is 20.5. The fraction of sp³-hybridized carbons (Fsp3) is 0.714. The second kappa shape index (κ2) is 3.63. The molecule has 2 heteroatoms. The van der Waals surface area contributed by atoms with Gasteiger partial charge >= 0.3 is 0 Å². The molecular weight excluding hydrogens is 200 g/mol. The summed E-state index contributed by atoms with van der Waals surface area (Å²) < 4.78 is 0. The first-order chi connectivity index (χ1) is 6.98. The van der Waals surface area contributed by atoms with E-state index in [1.54, 1.807) is 18.2 Å². The lowest BCUT2D eigenvalue weighted by molar-refractivity contribution is -0.0816. The number of aliphatic hydroxyl groups is 2. The Morgan fingerprint density at radius 1 is 1.12 bits per heavy atom. The van der Waals surface area contributed by atoms with E-state index in [-0.39, 0.29) is 22.5 Å². The fourth-order valence-corrected chi connectivity index (χ4v) is 2.30. The van der Waals surface area contributed by atoms with Crippen molar-refractivity contribution < 1.29 is 10.2 Å². The van der Waals surface area contributed by atoms with Crippen LogP contribution in [0.5, 0.6) is 0 Å². The largest absolute Gasteiger partial charge is 0.508 e. The van der Waals surface area contributed by atoms with Crippen molar-refractivity contribution in [2.45, 2.75) is 47.1 Å². The zero-order valence-electron chi connectivity index (χ0n) is 11.2. The molecule has 0 saturated carbocycles. The van der Waals surface area contributed by atoms with Gasteiger partial charge in [-0.1, -0.05) is 41.5 Å². The predicted octanol–water partition coefficient (Wildman–Crippen LogP) is 3.44. The third-order valence-electron chi connectivity index (χ3n) is 3.45. The van der Waals surface area contributed by atoms with E-state index >= 15 is 0 Å². The van der Waals surface area contributed by atoms with Crippen LogP contribution in [0.2, 0.25) is 0 Å². The molecule has 0 aromatic carbocycles. The summed E-state index contributed by atoms with van der Waals surface area (Å²) in [6.45, 7) is 12.3. The van der Waals surface area contributed by atoms with Crippen molar-refractivity contribution in [3.05, 3.63) is 24.0 Å². The lowest BCUT2D eigenvalue weighted by Crippen LogP contribution is -2.52. The van der Waals surface area contributed by atoms with Crippen molar-refractivity contribution in [3.8, 4) is 0 Å². The molecule has 0 heterocycles. The molecule has 1 rings (SSSR count). The summed E-state index contributed by atoms with van der Waals surface area (Å²) >= 11 is 0. The average molecular weight is 224 g/mol. The van der Waals surface area contributed by atoms with Crippen molar-refractivity contribution >= 4 is 0 Å². The first-order valence-electron chi connectivity index (χ1n) is 5.81. The summed E-state index contributed by atoms with van der Waals surface area (Å²) in [5.74, 6) is 0.152. The van der Waals surface area contributed by atoms with Gasteiger partial charge in [-0.3, -0.25) is 0 Å². The van der Waals surface area contributed by atoms with Crippen molar-refractivity contribution in [2.75, 3.05) is 0 Å². The minimum atomic E-state index is -0.919. The van der Waals surface area contributed by atoms with Gasteiger partial charge in [-0.25, -0.2) is 0 Å². The highest BCUT2D eigenvalue weighted by molar-refractivity contribution is 5.29. The molecule has 0 aliphatic heterocycles. The molecule has 16 heavy (non-hydrogen) atoms. The van der Waals surface area contributed by atoms with E-state index in [9.17, 15) is 10.2 Å². The van der Waals surface area contributed by atoms with Crippen LogP contribution in [-0.2, 0) is 0 Å². The molecule has 2 unspecified atom stereocenters. The highest BCUT2D eigenvalue weighted by atomic mass is 16.3. The highest BCUT2D eigenvalue weighted by Crippen LogP contribution is 2.48. The summed E-state index contributed by atoms with van der Waals surface area (Å²) in [4.78, 5) is 0. The molecule has 2 atom stereocenters. The van der Waals surface area contributed by atoms with Crippen LogP contribution >= 0.6 is 0 Å². The second-order valence-electron chi connectivity index (χ2n) is 6.84. The monoisotopic (exact) mass is 224 g/mol. The van der Waals surface area contributed by atoms with E-state index in [4.69, 9.17) is 0 Å². The minimum Gasteiger partial charge on any atom is -0.508 e. The predicted molar refractivity (Wildman–Crippen MR) is 67.2 cm³/mol. The molecule has 0 fully saturated rings. The summed E-state index contributed by atoms with van der Waals surface area (Å²) in [6, 6.07) is 0. The lowest BCUT2D eigenvalue weighted by atomic mass is 9.59. The molecule has 1 aliphatic carbocycles. The van der Waals surface area contributed by atoms with E-state index in [2.05, 4.69) is 20.8 Å². The Bertz CT molecular complexity index is 326. The number of hydrogen-bond acceptors (Lipinski definition) is 2. The minimum absolute atomic E-state index is 0.0926. The fourth-order valence-electron chi connectivity index (χ4n) is 2.30. The molecule has 0 saturated heterocycles. The van der Waals surface area contributed by atoms with Gasteiger partial charge in [0.2, 0.25) is 0 Å². The number of allylic oxidation sites excluding steroid dienone is 1. The van der Waals surface area contributed by atoms with Gasteiger partial charge < -0.3 is 10.2 Å². The standard InChI is InChI=1S/C14H24O2/c1-12(2,3)11-9-10(15)7-8-14(11,16)13(4,5)6/h7-9,11,15-16H,1-6H3. The zero-order chi connectivity index (χ0) is 12.8. The molecular formula is C14H24O2. The van der Waals surface area contributed by atoms with E-state index < -0.39 is 5.60 Å². The Morgan fingerprint density at radius 3 is 2.00 bits per heavy atom. The molecule has 0 amide bonds. The van der Waals surface area contributed by atoms with Crippen molar-refractivity contribution in [1.29, 1.82) is 0 Å². The van der Waals surface area contributed by atoms with E-state index in [1.165, 1.54) is 0 Å². The van der Waals surface area contributed by atoms with Crippen molar-refractivity contribution in [3.63, 3.8) is 0 Å². The van der Waals surface area contributed by atoms with E-state index in [1.807, 2.05) is 20.8 Å². The van der Waals surface area contributed by atoms with Gasteiger partial charge in [-0.2, -0.15) is 0 Å². The Kier molecular flexibility index (Phi) is 3.01. The third kappa shape index (κ3) is 2.17. The Hall–Kier alpha value is -0.760. The van der Waals surface area contributed by atoms with Crippen molar-refractivity contribution in [1.82, 2.24) is 0 Å². The molecule has 2 nitrogen and oxygen atoms in total. The molecule has 0 spiro atoms. The van der Waals surface area contributed by atoms with Crippen LogP contribution in [0.1, 0.15) is 41.5 Å². The van der Waals surface area contributed by atoms with Crippen LogP contribution in [0, 0.1) is 16.7 Å². The maximum absolute atomic E-state index is 10.9. The SMILES string of the molecule is CC(C)(C)C1C=C(O)C=CC1(O)C(C)(C)C. The van der Waals surface area contributed by atoms with Gasteiger partial charge in [0.15, 0.2) is 0 Å². The first kappa shape index (κ1) is 13.3. The average Bonchev–Trinajstić information content (AvgIpc) is 2.05. The van der Waals surface area contributed by atoms with Crippen LogP contribution < -0.4 is 0 Å². The highest BCUT2D eigenvalue weighted by Gasteiger charge is 2.49. The second-order valence-corrected chi connectivity index (χ2v) is 6.84. The summed E-state index contributed by atoms with van der Waals surface area (Å²) in [7, 11) is 0.